The number of primary amides is 1. The number of halogens is 1. The monoisotopic (exact) mass is 321 g/mol. The summed E-state index contributed by atoms with van der Waals surface area (Å²) in [5.41, 5.74) is 6.89. The van der Waals surface area contributed by atoms with Crippen molar-refractivity contribution < 1.29 is 14.0 Å². The van der Waals surface area contributed by atoms with Crippen LogP contribution in [0.4, 0.5) is 19.9 Å². The molecule has 0 bridgehead atoms. The van der Waals surface area contributed by atoms with Crippen LogP contribution < -0.4 is 16.4 Å². The van der Waals surface area contributed by atoms with Crippen molar-refractivity contribution in [1.29, 1.82) is 0 Å². The first kappa shape index (κ1) is 16.0. The van der Waals surface area contributed by atoms with Crippen molar-refractivity contribution in [1.82, 2.24) is 0 Å². The Morgan fingerprint density at radius 2 is 2.05 bits per heavy atom. The van der Waals surface area contributed by atoms with Gasteiger partial charge in [0.15, 0.2) is 0 Å². The molecule has 0 saturated heterocycles. The minimum Gasteiger partial charge on any atom is -0.365 e. The van der Waals surface area contributed by atoms with E-state index in [1.807, 2.05) is 13.8 Å². The van der Waals surface area contributed by atoms with Gasteiger partial charge in [-0.15, -0.1) is 11.3 Å². The van der Waals surface area contributed by atoms with Crippen LogP contribution in [0.3, 0.4) is 0 Å². The SMILES string of the molecule is CCc1c(C)sc(NC(=O)Nc2cccc(F)c2)c1C(N)=O. The third-order valence-electron chi connectivity index (χ3n) is 3.12. The Hall–Kier alpha value is -2.41. The van der Waals surface area contributed by atoms with Crippen molar-refractivity contribution in [2.24, 2.45) is 5.73 Å². The van der Waals surface area contributed by atoms with E-state index in [-0.39, 0.29) is 0 Å². The maximum atomic E-state index is 13.1. The maximum Gasteiger partial charge on any atom is 0.324 e. The van der Waals surface area contributed by atoms with Crippen molar-refractivity contribution in [2.45, 2.75) is 20.3 Å². The van der Waals surface area contributed by atoms with Gasteiger partial charge in [-0.3, -0.25) is 10.1 Å². The maximum absolute atomic E-state index is 13.1. The Labute approximate surface area is 131 Å². The number of anilines is 2. The van der Waals surface area contributed by atoms with E-state index in [0.717, 1.165) is 10.4 Å². The molecule has 7 heteroatoms. The van der Waals surface area contributed by atoms with Crippen LogP contribution in [-0.4, -0.2) is 11.9 Å². The molecule has 4 N–H and O–H groups in total. The highest BCUT2D eigenvalue weighted by atomic mass is 32.1. The van der Waals surface area contributed by atoms with Crippen LogP contribution in [0.5, 0.6) is 0 Å². The molecule has 0 spiro atoms. The zero-order valence-electron chi connectivity index (χ0n) is 12.2. The number of carbonyl (C=O) groups is 2. The van der Waals surface area contributed by atoms with E-state index >= 15 is 0 Å². The van der Waals surface area contributed by atoms with Gasteiger partial charge >= 0.3 is 6.03 Å². The highest BCUT2D eigenvalue weighted by molar-refractivity contribution is 7.16. The summed E-state index contributed by atoms with van der Waals surface area (Å²) in [6.07, 6.45) is 0.647. The molecule has 5 nitrogen and oxygen atoms in total. The summed E-state index contributed by atoms with van der Waals surface area (Å²) in [4.78, 5) is 24.5. The van der Waals surface area contributed by atoms with Gasteiger partial charge in [-0.1, -0.05) is 13.0 Å². The van der Waals surface area contributed by atoms with Gasteiger partial charge in [-0.25, -0.2) is 9.18 Å². The second-order valence-corrected chi connectivity index (χ2v) is 5.87. The lowest BCUT2D eigenvalue weighted by atomic mass is 10.1. The second kappa shape index (κ2) is 6.57. The van der Waals surface area contributed by atoms with Crippen LogP contribution in [0.25, 0.3) is 0 Å². The molecule has 1 heterocycles. The summed E-state index contributed by atoms with van der Waals surface area (Å²) in [5, 5.41) is 5.51. The van der Waals surface area contributed by atoms with Crippen molar-refractivity contribution in [3.05, 3.63) is 46.1 Å². The standard InChI is InChI=1S/C15H16FN3O2S/c1-3-11-8(2)22-14(12(11)13(17)20)19-15(21)18-10-6-4-5-9(16)7-10/h4-7H,3H2,1-2H3,(H2,17,20)(H2,18,19,21). The van der Waals surface area contributed by atoms with Crippen LogP contribution in [0.1, 0.15) is 27.7 Å². The second-order valence-electron chi connectivity index (χ2n) is 4.65. The van der Waals surface area contributed by atoms with E-state index in [1.165, 1.54) is 29.5 Å². The first-order chi connectivity index (χ1) is 10.4. The van der Waals surface area contributed by atoms with E-state index in [0.29, 0.717) is 22.7 Å². The van der Waals surface area contributed by atoms with Gasteiger partial charge < -0.3 is 11.1 Å². The van der Waals surface area contributed by atoms with Crippen molar-refractivity contribution in [2.75, 3.05) is 10.6 Å². The summed E-state index contributed by atoms with van der Waals surface area (Å²) >= 11 is 1.29. The Balaban J connectivity index is 2.20. The number of hydrogen-bond acceptors (Lipinski definition) is 3. The van der Waals surface area contributed by atoms with Gasteiger partial charge in [-0.2, -0.15) is 0 Å². The molecule has 0 unspecified atom stereocenters. The quantitative estimate of drug-likeness (QED) is 0.805. The van der Waals surface area contributed by atoms with Gasteiger partial charge in [0.2, 0.25) is 0 Å². The number of thiophene rings is 1. The minimum atomic E-state index is -0.581. The normalized spacial score (nSPS) is 10.3. The molecule has 0 aliphatic carbocycles. The van der Waals surface area contributed by atoms with Crippen molar-refractivity contribution in [3.8, 4) is 0 Å². The van der Waals surface area contributed by atoms with Crippen LogP contribution in [0.15, 0.2) is 24.3 Å². The minimum absolute atomic E-state index is 0.321. The number of benzene rings is 1. The van der Waals surface area contributed by atoms with Gasteiger partial charge in [0, 0.05) is 10.6 Å². The molecule has 3 amide bonds. The predicted octanol–water partition coefficient (Wildman–Crippen LogP) is 3.50. The lowest BCUT2D eigenvalue weighted by Gasteiger charge is -2.08. The number of aryl methyl sites for hydroxylation is 1. The molecule has 0 aliphatic rings. The molecule has 2 rings (SSSR count). The van der Waals surface area contributed by atoms with Crippen LogP contribution >= 0.6 is 11.3 Å². The molecule has 1 aromatic heterocycles. The highest BCUT2D eigenvalue weighted by Crippen LogP contribution is 2.33. The Bertz CT molecular complexity index is 728. The fraction of sp³-hybridized carbons (Fsp3) is 0.200. The Morgan fingerprint density at radius 1 is 1.32 bits per heavy atom. The summed E-state index contributed by atoms with van der Waals surface area (Å²) < 4.78 is 13.1. The van der Waals surface area contributed by atoms with Gasteiger partial charge in [0.1, 0.15) is 10.8 Å². The number of nitrogens with two attached hydrogens (primary N) is 1. The fourth-order valence-corrected chi connectivity index (χ4v) is 3.33. The summed E-state index contributed by atoms with van der Waals surface area (Å²) in [5.74, 6) is -1.03. The molecule has 0 atom stereocenters. The zero-order valence-corrected chi connectivity index (χ0v) is 13.0. The Morgan fingerprint density at radius 3 is 2.64 bits per heavy atom. The third-order valence-corrected chi connectivity index (χ3v) is 4.18. The molecule has 116 valence electrons. The molecule has 0 aliphatic heterocycles. The smallest absolute Gasteiger partial charge is 0.324 e. The zero-order chi connectivity index (χ0) is 16.3. The summed E-state index contributed by atoms with van der Waals surface area (Å²) in [6, 6.07) is 4.98. The van der Waals surface area contributed by atoms with Crippen LogP contribution in [0.2, 0.25) is 0 Å². The highest BCUT2D eigenvalue weighted by Gasteiger charge is 2.20. The first-order valence-corrected chi connectivity index (χ1v) is 7.49. The topological polar surface area (TPSA) is 84.2 Å². The van der Waals surface area contributed by atoms with Crippen LogP contribution in [0, 0.1) is 12.7 Å². The van der Waals surface area contributed by atoms with Crippen molar-refractivity contribution >= 4 is 34.0 Å². The Kier molecular flexibility index (Phi) is 4.77. The van der Waals surface area contributed by atoms with E-state index in [4.69, 9.17) is 5.73 Å². The number of carbonyl (C=O) groups excluding carboxylic acids is 2. The van der Waals surface area contributed by atoms with Gasteiger partial charge in [-0.05, 0) is 37.1 Å². The summed E-state index contributed by atoms with van der Waals surface area (Å²) in [6.45, 7) is 3.78. The molecular weight excluding hydrogens is 305 g/mol. The van der Waals surface area contributed by atoms with Crippen LogP contribution in [-0.2, 0) is 6.42 Å². The molecule has 0 saturated carbocycles. The molecule has 0 radical (unpaired) electrons. The lowest BCUT2D eigenvalue weighted by molar-refractivity contribution is 0.100. The average molecular weight is 321 g/mol. The predicted molar refractivity (Wildman–Crippen MR) is 86.0 cm³/mol. The lowest BCUT2D eigenvalue weighted by Crippen LogP contribution is -2.22. The molecule has 2 aromatic rings. The van der Waals surface area contributed by atoms with E-state index in [1.54, 1.807) is 6.07 Å². The number of urea groups is 1. The number of hydrogen-bond donors (Lipinski definition) is 3. The van der Waals surface area contributed by atoms with Gasteiger partial charge in [0.25, 0.3) is 5.91 Å². The number of nitrogens with one attached hydrogen (secondary N) is 2. The molecule has 22 heavy (non-hydrogen) atoms. The third kappa shape index (κ3) is 3.43. The average Bonchev–Trinajstić information content (AvgIpc) is 2.74. The first-order valence-electron chi connectivity index (χ1n) is 6.68. The van der Waals surface area contributed by atoms with E-state index in [2.05, 4.69) is 10.6 Å². The molecule has 0 fully saturated rings. The number of amides is 3. The van der Waals surface area contributed by atoms with E-state index < -0.39 is 17.8 Å². The summed E-state index contributed by atoms with van der Waals surface area (Å²) in [7, 11) is 0. The fourth-order valence-electron chi connectivity index (χ4n) is 2.18. The van der Waals surface area contributed by atoms with Gasteiger partial charge in [0.05, 0.1) is 5.56 Å². The van der Waals surface area contributed by atoms with Crippen molar-refractivity contribution in [3.63, 3.8) is 0 Å². The number of rotatable bonds is 4. The molecule has 1 aromatic carbocycles. The molecular formula is C15H16FN3O2S. The largest absolute Gasteiger partial charge is 0.365 e. The van der Waals surface area contributed by atoms with E-state index in [9.17, 15) is 14.0 Å².